The second kappa shape index (κ2) is 8.31. The van der Waals surface area contributed by atoms with Crippen LogP contribution in [0.25, 0.3) is 10.2 Å². The number of benzene rings is 2. The lowest BCUT2D eigenvalue weighted by Crippen LogP contribution is -2.33. The average molecular weight is 382 g/mol. The molecule has 1 amide bonds. The van der Waals surface area contributed by atoms with Crippen LogP contribution in [0.2, 0.25) is 0 Å². The van der Waals surface area contributed by atoms with Gasteiger partial charge in [-0.2, -0.15) is 0 Å². The molecule has 2 aromatic carbocycles. The Hall–Kier alpha value is -2.73. The molecule has 0 N–H and O–H groups in total. The fourth-order valence-corrected chi connectivity index (χ4v) is 3.77. The summed E-state index contributed by atoms with van der Waals surface area (Å²) in [4.78, 5) is 30.6. The zero-order valence-corrected chi connectivity index (χ0v) is 16.5. The van der Waals surface area contributed by atoms with E-state index in [0.29, 0.717) is 0 Å². The van der Waals surface area contributed by atoms with Crippen LogP contribution in [0.3, 0.4) is 0 Å². The second-order valence-corrected chi connectivity index (χ2v) is 7.53. The number of carbonyl (C=O) groups excluding carboxylic acids is 2. The van der Waals surface area contributed by atoms with Gasteiger partial charge in [0, 0.05) is 7.05 Å². The first-order valence-corrected chi connectivity index (χ1v) is 9.58. The van der Waals surface area contributed by atoms with E-state index in [1.54, 1.807) is 23.3 Å². The highest BCUT2D eigenvalue weighted by atomic mass is 32.1. The molecule has 0 unspecified atom stereocenters. The predicted octanol–water partition coefficient (Wildman–Crippen LogP) is 3.91. The molecule has 0 bridgehead atoms. The normalized spacial score (nSPS) is 12.0. The molecule has 0 fully saturated rings. The lowest BCUT2D eigenvalue weighted by atomic mass is 10.1. The number of likely N-dealkylation sites (N-methyl/N-ethyl adjacent to an activating group) is 1. The number of fused-ring (bicyclic) bond motifs is 1. The summed E-state index contributed by atoms with van der Waals surface area (Å²) in [6.45, 7) is 3.60. The minimum atomic E-state index is -0.404. The fraction of sp³-hybridized carbons (Fsp3) is 0.286. The van der Waals surface area contributed by atoms with Crippen LogP contribution in [0, 0.1) is 6.92 Å². The minimum absolute atomic E-state index is 0.164. The van der Waals surface area contributed by atoms with Crippen LogP contribution in [0.15, 0.2) is 48.5 Å². The molecule has 3 rings (SSSR count). The molecule has 0 aliphatic heterocycles. The summed E-state index contributed by atoms with van der Waals surface area (Å²) in [6, 6.07) is 15.3. The molecule has 0 saturated heterocycles. The third-order valence-corrected chi connectivity index (χ3v) is 5.80. The molecule has 1 atom stereocenters. The molecule has 0 radical (unpaired) electrons. The van der Waals surface area contributed by atoms with Crippen molar-refractivity contribution in [2.75, 3.05) is 13.7 Å². The van der Waals surface area contributed by atoms with E-state index in [0.717, 1.165) is 26.4 Å². The van der Waals surface area contributed by atoms with Crippen molar-refractivity contribution in [1.29, 1.82) is 0 Å². The Morgan fingerprint density at radius 2 is 1.85 bits per heavy atom. The Kier molecular flexibility index (Phi) is 5.86. The maximum atomic E-state index is 12.4. The first-order valence-electron chi connectivity index (χ1n) is 8.77. The van der Waals surface area contributed by atoms with Gasteiger partial charge in [-0.25, -0.2) is 4.98 Å². The van der Waals surface area contributed by atoms with Gasteiger partial charge in [-0.1, -0.05) is 36.4 Å². The molecule has 140 valence electrons. The van der Waals surface area contributed by atoms with Crippen molar-refractivity contribution in [2.45, 2.75) is 26.3 Å². The van der Waals surface area contributed by atoms with Crippen molar-refractivity contribution in [3.05, 3.63) is 64.7 Å². The van der Waals surface area contributed by atoms with Crippen LogP contribution in [0.5, 0.6) is 0 Å². The zero-order valence-electron chi connectivity index (χ0n) is 15.6. The van der Waals surface area contributed by atoms with Crippen molar-refractivity contribution < 1.29 is 14.3 Å². The number of aromatic nitrogens is 1. The Morgan fingerprint density at radius 3 is 2.59 bits per heavy atom. The summed E-state index contributed by atoms with van der Waals surface area (Å²) < 4.78 is 6.27. The molecule has 1 aromatic heterocycles. The number of esters is 1. The SMILES string of the molecule is Cc1ccccc1CC(=O)OCC(=O)N(C)[C@@H](C)c1nc2ccccc2s1. The summed E-state index contributed by atoms with van der Waals surface area (Å²) in [5.41, 5.74) is 2.86. The van der Waals surface area contributed by atoms with E-state index >= 15 is 0 Å². The number of thiazole rings is 1. The first-order chi connectivity index (χ1) is 13.0. The number of amides is 1. The van der Waals surface area contributed by atoms with E-state index in [-0.39, 0.29) is 25.0 Å². The molecule has 3 aromatic rings. The summed E-state index contributed by atoms with van der Waals surface area (Å²) in [7, 11) is 1.70. The Bertz CT molecular complexity index is 934. The van der Waals surface area contributed by atoms with Crippen LogP contribution in [0.4, 0.5) is 0 Å². The molecule has 6 heteroatoms. The molecule has 0 aliphatic rings. The Labute approximate surface area is 162 Å². The molecule has 1 heterocycles. The first kappa shape index (κ1) is 19.0. The largest absolute Gasteiger partial charge is 0.455 e. The van der Waals surface area contributed by atoms with Gasteiger partial charge in [0.15, 0.2) is 6.61 Å². The zero-order chi connectivity index (χ0) is 19.4. The van der Waals surface area contributed by atoms with Gasteiger partial charge in [-0.15, -0.1) is 11.3 Å². The van der Waals surface area contributed by atoms with Crippen molar-refractivity contribution in [3.63, 3.8) is 0 Å². The van der Waals surface area contributed by atoms with Gasteiger partial charge in [-0.05, 0) is 37.1 Å². The van der Waals surface area contributed by atoms with Crippen LogP contribution in [-0.2, 0) is 20.7 Å². The van der Waals surface area contributed by atoms with Crippen molar-refractivity contribution in [1.82, 2.24) is 9.88 Å². The predicted molar refractivity (Wildman–Crippen MR) is 107 cm³/mol. The highest BCUT2D eigenvalue weighted by Crippen LogP contribution is 2.28. The van der Waals surface area contributed by atoms with Gasteiger partial charge in [-0.3, -0.25) is 9.59 Å². The van der Waals surface area contributed by atoms with Gasteiger partial charge in [0.1, 0.15) is 5.01 Å². The van der Waals surface area contributed by atoms with Crippen LogP contribution in [0.1, 0.15) is 29.1 Å². The quantitative estimate of drug-likeness (QED) is 0.607. The minimum Gasteiger partial charge on any atom is -0.455 e. The lowest BCUT2D eigenvalue weighted by Gasteiger charge is -2.23. The maximum Gasteiger partial charge on any atom is 0.310 e. The van der Waals surface area contributed by atoms with E-state index in [1.165, 1.54) is 0 Å². The van der Waals surface area contributed by atoms with E-state index < -0.39 is 5.97 Å². The number of para-hydroxylation sites is 1. The third-order valence-electron chi connectivity index (χ3n) is 4.59. The topological polar surface area (TPSA) is 59.5 Å². The molecule has 0 spiro atoms. The molecular weight excluding hydrogens is 360 g/mol. The number of hydrogen-bond donors (Lipinski definition) is 0. The number of hydrogen-bond acceptors (Lipinski definition) is 5. The smallest absolute Gasteiger partial charge is 0.310 e. The molecule has 27 heavy (non-hydrogen) atoms. The van der Waals surface area contributed by atoms with E-state index in [4.69, 9.17) is 4.74 Å². The van der Waals surface area contributed by atoms with Crippen molar-refractivity contribution >= 4 is 33.4 Å². The van der Waals surface area contributed by atoms with Crippen LogP contribution < -0.4 is 0 Å². The summed E-state index contributed by atoms with van der Waals surface area (Å²) in [5, 5.41) is 0.860. The third kappa shape index (κ3) is 4.52. The summed E-state index contributed by atoms with van der Waals surface area (Å²) >= 11 is 1.57. The summed E-state index contributed by atoms with van der Waals surface area (Å²) in [6.07, 6.45) is 0.164. The Morgan fingerprint density at radius 1 is 1.15 bits per heavy atom. The molecule has 0 aliphatic carbocycles. The van der Waals surface area contributed by atoms with Crippen LogP contribution >= 0.6 is 11.3 Å². The fourth-order valence-electron chi connectivity index (χ4n) is 2.71. The van der Waals surface area contributed by atoms with Gasteiger partial charge >= 0.3 is 5.97 Å². The Balaban J connectivity index is 1.56. The molecular formula is C21H22N2O3S. The standard InChI is InChI=1S/C21H22N2O3S/c1-14-8-4-5-9-16(14)12-20(25)26-13-19(24)23(3)15(2)21-22-17-10-6-7-11-18(17)27-21/h4-11,15H,12-13H2,1-3H3/t15-/m0/s1. The van der Waals surface area contributed by atoms with E-state index in [9.17, 15) is 9.59 Å². The van der Waals surface area contributed by atoms with Crippen LogP contribution in [-0.4, -0.2) is 35.4 Å². The number of nitrogens with zero attached hydrogens (tertiary/aromatic N) is 2. The van der Waals surface area contributed by atoms with Gasteiger partial charge in [0.05, 0.1) is 22.7 Å². The van der Waals surface area contributed by atoms with E-state index in [1.807, 2.05) is 62.4 Å². The maximum absolute atomic E-state index is 12.4. The molecule has 0 saturated carbocycles. The summed E-state index contributed by atoms with van der Waals surface area (Å²) in [5.74, 6) is -0.654. The monoisotopic (exact) mass is 382 g/mol. The van der Waals surface area contributed by atoms with Crippen molar-refractivity contribution in [3.8, 4) is 0 Å². The average Bonchev–Trinajstić information content (AvgIpc) is 3.11. The molecule has 5 nitrogen and oxygen atoms in total. The van der Waals surface area contributed by atoms with E-state index in [2.05, 4.69) is 4.98 Å². The number of carbonyl (C=O) groups is 2. The number of aryl methyl sites for hydroxylation is 1. The highest BCUT2D eigenvalue weighted by Gasteiger charge is 2.21. The van der Waals surface area contributed by atoms with Crippen molar-refractivity contribution in [2.24, 2.45) is 0 Å². The second-order valence-electron chi connectivity index (χ2n) is 6.46. The number of rotatable bonds is 6. The highest BCUT2D eigenvalue weighted by molar-refractivity contribution is 7.18. The lowest BCUT2D eigenvalue weighted by molar-refractivity contribution is -0.151. The van der Waals surface area contributed by atoms with Gasteiger partial charge < -0.3 is 9.64 Å². The number of ether oxygens (including phenoxy) is 1. The van der Waals surface area contributed by atoms with Gasteiger partial charge in [0.2, 0.25) is 0 Å². The van der Waals surface area contributed by atoms with Gasteiger partial charge in [0.25, 0.3) is 5.91 Å².